The van der Waals surface area contributed by atoms with Crippen LogP contribution in [-0.4, -0.2) is 28.8 Å². The lowest BCUT2D eigenvalue weighted by atomic mass is 9.73. The third-order valence-electron chi connectivity index (χ3n) is 6.82. The molecule has 0 unspecified atom stereocenters. The van der Waals surface area contributed by atoms with Gasteiger partial charge < -0.3 is 9.84 Å². The van der Waals surface area contributed by atoms with Gasteiger partial charge in [-0.15, -0.1) is 0 Å². The molecule has 37 heavy (non-hydrogen) atoms. The molecule has 0 bridgehead atoms. The number of allylic oxidation sites excluding steroid dienone is 2. The fraction of sp³-hybridized carbons (Fsp3) is 0.172. The van der Waals surface area contributed by atoms with Crippen LogP contribution in [0, 0.1) is 15.5 Å². The number of ketones is 1. The van der Waals surface area contributed by atoms with E-state index in [4.69, 9.17) is 4.74 Å². The number of rotatable bonds is 5. The Morgan fingerprint density at radius 3 is 2.32 bits per heavy atom. The highest BCUT2D eigenvalue weighted by molar-refractivity contribution is 6.19. The Labute approximate surface area is 213 Å². The van der Waals surface area contributed by atoms with E-state index in [0.717, 1.165) is 5.56 Å². The van der Waals surface area contributed by atoms with Gasteiger partial charge in [0.15, 0.2) is 5.78 Å². The zero-order valence-corrected chi connectivity index (χ0v) is 20.2. The van der Waals surface area contributed by atoms with Gasteiger partial charge in [-0.1, -0.05) is 42.5 Å². The molecule has 8 nitrogen and oxygen atoms in total. The normalized spacial score (nSPS) is 18.9. The van der Waals surface area contributed by atoms with Crippen molar-refractivity contribution in [2.45, 2.75) is 25.2 Å². The lowest BCUT2D eigenvalue weighted by Gasteiger charge is -2.41. The lowest BCUT2D eigenvalue weighted by Crippen LogP contribution is -2.42. The topological polar surface area (TPSA) is 117 Å². The number of anilines is 1. The van der Waals surface area contributed by atoms with Gasteiger partial charge >= 0.3 is 0 Å². The molecule has 1 aliphatic carbocycles. The van der Waals surface area contributed by atoms with Crippen LogP contribution < -0.4 is 9.64 Å². The Bertz CT molecular complexity index is 1440. The summed E-state index contributed by atoms with van der Waals surface area (Å²) in [5, 5.41) is 32.1. The SMILES string of the molecule is COc1ccc([C@H]2C(=C(O)c3ccccc3)C(=N)N(c3ccc([N+](=O)[O-])cc3)C3=C2C(=O)CCC3)cc1. The molecule has 1 atom stereocenters. The number of carbonyl (C=O) groups is 1. The number of methoxy groups -OCH3 is 1. The summed E-state index contributed by atoms with van der Waals surface area (Å²) in [4.78, 5) is 25.9. The van der Waals surface area contributed by atoms with Gasteiger partial charge in [-0.3, -0.25) is 25.2 Å². The number of hydrogen-bond acceptors (Lipinski definition) is 6. The predicted octanol–water partition coefficient (Wildman–Crippen LogP) is 6.16. The van der Waals surface area contributed by atoms with Crippen LogP contribution in [0.25, 0.3) is 5.76 Å². The molecule has 1 heterocycles. The molecule has 0 amide bonds. The largest absolute Gasteiger partial charge is 0.507 e. The summed E-state index contributed by atoms with van der Waals surface area (Å²) in [5.41, 5.74) is 3.24. The van der Waals surface area contributed by atoms with E-state index in [1.165, 1.54) is 12.1 Å². The molecule has 8 heteroatoms. The second-order valence-corrected chi connectivity index (χ2v) is 8.93. The molecule has 5 rings (SSSR count). The molecule has 0 saturated heterocycles. The van der Waals surface area contributed by atoms with Crippen molar-refractivity contribution in [1.82, 2.24) is 0 Å². The van der Waals surface area contributed by atoms with E-state index in [-0.39, 0.29) is 23.1 Å². The van der Waals surface area contributed by atoms with Crippen molar-refractivity contribution in [3.05, 3.63) is 117 Å². The number of ether oxygens (including phenoxy) is 1. The molecule has 0 saturated carbocycles. The molecule has 0 fully saturated rings. The van der Waals surface area contributed by atoms with Gasteiger partial charge in [0, 0.05) is 52.6 Å². The number of amidine groups is 1. The molecular formula is C29H25N3O5. The number of benzene rings is 3. The predicted molar refractivity (Wildman–Crippen MR) is 141 cm³/mol. The summed E-state index contributed by atoms with van der Waals surface area (Å²) in [5.74, 6) is -0.118. The molecule has 3 aromatic carbocycles. The highest BCUT2D eigenvalue weighted by Gasteiger charge is 2.43. The van der Waals surface area contributed by atoms with Crippen LogP contribution >= 0.6 is 0 Å². The van der Waals surface area contributed by atoms with Gasteiger partial charge in [-0.2, -0.15) is 0 Å². The molecule has 2 N–H and O–H groups in total. The number of carbonyl (C=O) groups excluding carboxylic acids is 1. The van der Waals surface area contributed by atoms with Crippen molar-refractivity contribution >= 4 is 28.8 Å². The van der Waals surface area contributed by atoms with E-state index in [2.05, 4.69) is 0 Å². The Hall–Kier alpha value is -4.72. The Balaban J connectivity index is 1.78. The average molecular weight is 496 g/mol. The van der Waals surface area contributed by atoms with Crippen molar-refractivity contribution < 1.29 is 19.6 Å². The van der Waals surface area contributed by atoms with E-state index in [9.17, 15) is 25.4 Å². The monoisotopic (exact) mass is 495 g/mol. The maximum Gasteiger partial charge on any atom is 0.269 e. The van der Waals surface area contributed by atoms with Crippen molar-refractivity contribution in [3.8, 4) is 5.75 Å². The van der Waals surface area contributed by atoms with Crippen molar-refractivity contribution in [2.75, 3.05) is 12.0 Å². The number of nitro groups is 1. The van der Waals surface area contributed by atoms with Gasteiger partial charge in [-0.05, 0) is 42.7 Å². The molecule has 0 aromatic heterocycles. The van der Waals surface area contributed by atoms with Crippen LogP contribution in [-0.2, 0) is 4.79 Å². The zero-order valence-electron chi connectivity index (χ0n) is 20.2. The van der Waals surface area contributed by atoms with Gasteiger partial charge in [0.1, 0.15) is 17.3 Å². The average Bonchev–Trinajstić information content (AvgIpc) is 2.93. The second-order valence-electron chi connectivity index (χ2n) is 8.93. The summed E-state index contributed by atoms with van der Waals surface area (Å²) in [6, 6.07) is 22.1. The minimum Gasteiger partial charge on any atom is -0.507 e. The first kappa shape index (κ1) is 24.0. The van der Waals surface area contributed by atoms with Crippen molar-refractivity contribution in [1.29, 1.82) is 5.41 Å². The highest BCUT2D eigenvalue weighted by Crippen LogP contribution is 2.48. The lowest BCUT2D eigenvalue weighted by molar-refractivity contribution is -0.384. The third-order valence-corrected chi connectivity index (χ3v) is 6.82. The number of hydrogen-bond donors (Lipinski definition) is 2. The number of nitrogens with one attached hydrogen (secondary N) is 1. The minimum atomic E-state index is -0.657. The number of aliphatic hydroxyl groups excluding tert-OH is 1. The van der Waals surface area contributed by atoms with Crippen molar-refractivity contribution in [3.63, 3.8) is 0 Å². The van der Waals surface area contributed by atoms with Crippen LogP contribution in [0.4, 0.5) is 11.4 Å². The first-order valence-corrected chi connectivity index (χ1v) is 11.9. The van der Waals surface area contributed by atoms with Crippen LogP contribution in [0.3, 0.4) is 0 Å². The molecule has 0 radical (unpaired) electrons. The van der Waals surface area contributed by atoms with Gasteiger partial charge in [0.05, 0.1) is 12.0 Å². The van der Waals surface area contributed by atoms with Gasteiger partial charge in [0.25, 0.3) is 5.69 Å². The van der Waals surface area contributed by atoms with Gasteiger partial charge in [-0.25, -0.2) is 0 Å². The summed E-state index contributed by atoms with van der Waals surface area (Å²) in [6.45, 7) is 0. The molecule has 1 aliphatic heterocycles. The Morgan fingerprint density at radius 1 is 1.03 bits per heavy atom. The Kier molecular flexibility index (Phi) is 6.31. The number of aliphatic hydroxyl groups is 1. The van der Waals surface area contributed by atoms with E-state index in [1.54, 1.807) is 60.5 Å². The summed E-state index contributed by atoms with van der Waals surface area (Å²) in [7, 11) is 1.57. The van der Waals surface area contributed by atoms with Gasteiger partial charge in [0.2, 0.25) is 0 Å². The maximum absolute atomic E-state index is 13.5. The number of nitrogens with zero attached hydrogens (tertiary/aromatic N) is 2. The summed E-state index contributed by atoms with van der Waals surface area (Å²) >= 11 is 0. The smallest absolute Gasteiger partial charge is 0.269 e. The zero-order chi connectivity index (χ0) is 26.1. The fourth-order valence-corrected chi connectivity index (χ4v) is 5.08. The fourth-order valence-electron chi connectivity index (χ4n) is 5.08. The first-order valence-electron chi connectivity index (χ1n) is 11.9. The Morgan fingerprint density at radius 2 is 1.70 bits per heavy atom. The molecule has 0 spiro atoms. The second kappa shape index (κ2) is 9.73. The maximum atomic E-state index is 13.5. The van der Waals surface area contributed by atoms with Crippen LogP contribution in [0.15, 0.2) is 95.7 Å². The summed E-state index contributed by atoms with van der Waals surface area (Å²) in [6.07, 6.45) is 1.56. The number of nitro benzene ring substituents is 1. The van der Waals surface area contributed by atoms with E-state index in [0.29, 0.717) is 53.1 Å². The molecule has 186 valence electrons. The highest BCUT2D eigenvalue weighted by atomic mass is 16.6. The number of non-ortho nitro benzene ring substituents is 1. The van der Waals surface area contributed by atoms with Crippen LogP contribution in [0.2, 0.25) is 0 Å². The standard InChI is InChI=1S/C29H25N3O5/c1-37-22-16-10-18(11-17-22)25-26-23(8-5-9-24(26)33)31(20-12-14-21(15-13-20)32(35)36)29(30)27(25)28(34)19-6-3-2-4-7-19/h2-4,6-7,10-17,25,30,34H,5,8-9H2,1H3/t25-/m1/s1. The first-order chi connectivity index (χ1) is 17.9. The minimum absolute atomic E-state index is 0.0180. The van der Waals surface area contributed by atoms with Crippen LogP contribution in [0.1, 0.15) is 36.3 Å². The molecule has 3 aromatic rings. The van der Waals surface area contributed by atoms with E-state index >= 15 is 0 Å². The van der Waals surface area contributed by atoms with Crippen LogP contribution in [0.5, 0.6) is 5.75 Å². The molecular weight excluding hydrogens is 470 g/mol. The van der Waals surface area contributed by atoms with E-state index in [1.807, 2.05) is 18.2 Å². The quantitative estimate of drug-likeness (QED) is 0.249. The van der Waals surface area contributed by atoms with E-state index < -0.39 is 10.8 Å². The van der Waals surface area contributed by atoms with Crippen molar-refractivity contribution in [2.24, 2.45) is 0 Å². The summed E-state index contributed by atoms with van der Waals surface area (Å²) < 4.78 is 5.31. The molecule has 2 aliphatic rings. The third kappa shape index (κ3) is 4.27. The number of Topliss-reactive ketones (excluding diaryl/α,β-unsaturated/α-hetero) is 1.